The van der Waals surface area contributed by atoms with Gasteiger partial charge in [-0.2, -0.15) is 0 Å². The third kappa shape index (κ3) is 3.93. The predicted molar refractivity (Wildman–Crippen MR) is 68.6 cm³/mol. The SMILES string of the molecule is CCOC1CC(NC(CC(C)C)C(=O)O)C1OC. The van der Waals surface area contributed by atoms with Gasteiger partial charge in [-0.15, -0.1) is 0 Å². The van der Waals surface area contributed by atoms with Gasteiger partial charge in [0.25, 0.3) is 0 Å². The normalized spacial score (nSPS) is 29.1. The second-order valence-corrected chi connectivity index (χ2v) is 5.22. The molecule has 0 heterocycles. The van der Waals surface area contributed by atoms with Crippen molar-refractivity contribution in [1.82, 2.24) is 5.32 Å². The van der Waals surface area contributed by atoms with Crippen molar-refractivity contribution >= 4 is 5.97 Å². The Bertz CT molecular complexity index is 270. The molecule has 4 unspecified atom stereocenters. The van der Waals surface area contributed by atoms with Gasteiger partial charge in [0.1, 0.15) is 6.04 Å². The van der Waals surface area contributed by atoms with Crippen molar-refractivity contribution in [2.75, 3.05) is 13.7 Å². The lowest BCUT2D eigenvalue weighted by atomic mass is 9.84. The first-order chi connectivity index (χ1) is 8.49. The maximum atomic E-state index is 11.2. The third-order valence-electron chi connectivity index (χ3n) is 3.32. The number of methoxy groups -OCH3 is 1. The predicted octanol–water partition coefficient (Wildman–Crippen LogP) is 1.27. The minimum atomic E-state index is -0.793. The van der Waals surface area contributed by atoms with Crippen LogP contribution in [0.15, 0.2) is 0 Å². The van der Waals surface area contributed by atoms with Gasteiger partial charge in [0.2, 0.25) is 0 Å². The maximum absolute atomic E-state index is 11.2. The summed E-state index contributed by atoms with van der Waals surface area (Å²) in [4.78, 5) is 11.2. The molecule has 4 atom stereocenters. The number of carboxylic acid groups (broad SMARTS) is 1. The third-order valence-corrected chi connectivity index (χ3v) is 3.32. The van der Waals surface area contributed by atoms with Crippen LogP contribution in [0.4, 0.5) is 0 Å². The lowest BCUT2D eigenvalue weighted by Gasteiger charge is -2.44. The molecule has 1 fully saturated rings. The Kier molecular flexibility index (Phi) is 6.05. The van der Waals surface area contributed by atoms with Crippen molar-refractivity contribution in [2.45, 2.75) is 57.9 Å². The van der Waals surface area contributed by atoms with E-state index < -0.39 is 12.0 Å². The number of carbonyl (C=O) groups is 1. The highest BCUT2D eigenvalue weighted by molar-refractivity contribution is 5.73. The van der Waals surface area contributed by atoms with Gasteiger partial charge in [0.05, 0.1) is 12.2 Å². The van der Waals surface area contributed by atoms with Crippen LogP contribution in [0.25, 0.3) is 0 Å². The molecule has 0 saturated heterocycles. The van der Waals surface area contributed by atoms with Crippen LogP contribution in [0.3, 0.4) is 0 Å². The fourth-order valence-electron chi connectivity index (χ4n) is 2.41. The number of nitrogens with one attached hydrogen (secondary N) is 1. The topological polar surface area (TPSA) is 67.8 Å². The standard InChI is InChI=1S/C13H25NO4/c1-5-18-11-7-9(12(11)17-4)14-10(13(15)16)6-8(2)3/h8-12,14H,5-7H2,1-4H3,(H,15,16). The largest absolute Gasteiger partial charge is 0.480 e. The summed E-state index contributed by atoms with van der Waals surface area (Å²) in [6.45, 7) is 6.66. The van der Waals surface area contributed by atoms with E-state index in [1.165, 1.54) is 0 Å². The molecule has 1 saturated carbocycles. The molecule has 0 spiro atoms. The van der Waals surface area contributed by atoms with E-state index in [9.17, 15) is 9.90 Å². The first kappa shape index (κ1) is 15.4. The van der Waals surface area contributed by atoms with Gasteiger partial charge in [-0.1, -0.05) is 13.8 Å². The molecule has 1 rings (SSSR count). The number of hydrogen-bond donors (Lipinski definition) is 2. The first-order valence-electron chi connectivity index (χ1n) is 6.62. The van der Waals surface area contributed by atoms with E-state index in [4.69, 9.17) is 9.47 Å². The molecule has 0 aliphatic heterocycles. The van der Waals surface area contributed by atoms with Crippen LogP contribution in [0.5, 0.6) is 0 Å². The molecular weight excluding hydrogens is 234 g/mol. The van der Waals surface area contributed by atoms with E-state index in [-0.39, 0.29) is 18.2 Å². The Morgan fingerprint density at radius 1 is 1.50 bits per heavy atom. The summed E-state index contributed by atoms with van der Waals surface area (Å²) < 4.78 is 10.9. The summed E-state index contributed by atoms with van der Waals surface area (Å²) in [7, 11) is 1.64. The molecule has 0 bridgehead atoms. The van der Waals surface area contributed by atoms with Crippen molar-refractivity contribution in [3.05, 3.63) is 0 Å². The second-order valence-electron chi connectivity index (χ2n) is 5.22. The van der Waals surface area contributed by atoms with Crippen molar-refractivity contribution in [2.24, 2.45) is 5.92 Å². The van der Waals surface area contributed by atoms with Crippen LogP contribution in [-0.4, -0.2) is 49.1 Å². The van der Waals surface area contributed by atoms with Crippen LogP contribution in [0, 0.1) is 5.92 Å². The van der Waals surface area contributed by atoms with E-state index in [2.05, 4.69) is 5.32 Å². The van der Waals surface area contributed by atoms with E-state index in [0.717, 1.165) is 6.42 Å². The fourth-order valence-corrected chi connectivity index (χ4v) is 2.41. The van der Waals surface area contributed by atoms with Crippen LogP contribution in [0.1, 0.15) is 33.6 Å². The Morgan fingerprint density at radius 3 is 2.61 bits per heavy atom. The molecule has 0 aromatic heterocycles. The number of carboxylic acids is 1. The zero-order valence-corrected chi connectivity index (χ0v) is 11.7. The van der Waals surface area contributed by atoms with Gasteiger partial charge in [0, 0.05) is 19.8 Å². The number of aliphatic carboxylic acids is 1. The monoisotopic (exact) mass is 259 g/mol. The quantitative estimate of drug-likeness (QED) is 0.687. The van der Waals surface area contributed by atoms with Crippen LogP contribution in [-0.2, 0) is 14.3 Å². The highest BCUT2D eigenvalue weighted by atomic mass is 16.5. The Hall–Kier alpha value is -0.650. The van der Waals surface area contributed by atoms with E-state index in [0.29, 0.717) is 18.9 Å². The highest BCUT2D eigenvalue weighted by Gasteiger charge is 2.43. The first-order valence-corrected chi connectivity index (χ1v) is 6.62. The molecule has 1 aliphatic carbocycles. The maximum Gasteiger partial charge on any atom is 0.320 e. The van der Waals surface area contributed by atoms with E-state index in [1.54, 1.807) is 7.11 Å². The van der Waals surface area contributed by atoms with Gasteiger partial charge in [-0.25, -0.2) is 0 Å². The van der Waals surface area contributed by atoms with E-state index in [1.807, 2.05) is 20.8 Å². The summed E-state index contributed by atoms with van der Waals surface area (Å²) in [5.41, 5.74) is 0. The molecule has 0 aromatic rings. The van der Waals surface area contributed by atoms with Gasteiger partial charge in [0.15, 0.2) is 0 Å². The number of rotatable bonds is 8. The average molecular weight is 259 g/mol. The van der Waals surface area contributed by atoms with E-state index >= 15 is 0 Å². The Morgan fingerprint density at radius 2 is 2.17 bits per heavy atom. The molecule has 1 aliphatic rings. The molecule has 5 heteroatoms. The Labute approximate surface area is 109 Å². The summed E-state index contributed by atoms with van der Waals surface area (Å²) in [5, 5.41) is 12.4. The van der Waals surface area contributed by atoms with Crippen molar-refractivity contribution in [1.29, 1.82) is 0 Å². The fraction of sp³-hybridized carbons (Fsp3) is 0.923. The molecule has 2 N–H and O–H groups in total. The summed E-state index contributed by atoms with van der Waals surface area (Å²) >= 11 is 0. The molecule has 0 radical (unpaired) electrons. The minimum Gasteiger partial charge on any atom is -0.480 e. The van der Waals surface area contributed by atoms with Crippen molar-refractivity contribution in [3.63, 3.8) is 0 Å². The molecule has 0 aromatic carbocycles. The summed E-state index contributed by atoms with van der Waals surface area (Å²) in [6, 6.07) is -0.429. The molecule has 5 nitrogen and oxygen atoms in total. The molecule has 106 valence electrons. The zero-order valence-electron chi connectivity index (χ0n) is 11.7. The lowest BCUT2D eigenvalue weighted by molar-refractivity contribution is -0.148. The zero-order chi connectivity index (χ0) is 13.7. The Balaban J connectivity index is 2.47. The smallest absolute Gasteiger partial charge is 0.320 e. The van der Waals surface area contributed by atoms with Gasteiger partial charge < -0.3 is 14.6 Å². The van der Waals surface area contributed by atoms with Crippen LogP contribution >= 0.6 is 0 Å². The van der Waals surface area contributed by atoms with Gasteiger partial charge in [-0.3, -0.25) is 10.1 Å². The lowest BCUT2D eigenvalue weighted by Crippen LogP contribution is -2.62. The van der Waals surface area contributed by atoms with Crippen molar-refractivity contribution < 1.29 is 19.4 Å². The van der Waals surface area contributed by atoms with Crippen molar-refractivity contribution in [3.8, 4) is 0 Å². The minimum absolute atomic E-state index is 0.0426. The molecule has 18 heavy (non-hydrogen) atoms. The van der Waals surface area contributed by atoms with Gasteiger partial charge in [-0.05, 0) is 25.7 Å². The summed E-state index contributed by atoms with van der Waals surface area (Å²) in [6.07, 6.45) is 1.49. The van der Waals surface area contributed by atoms with Gasteiger partial charge >= 0.3 is 5.97 Å². The number of hydrogen-bond acceptors (Lipinski definition) is 4. The molecule has 0 amide bonds. The highest BCUT2D eigenvalue weighted by Crippen LogP contribution is 2.27. The van der Waals surface area contributed by atoms with Crippen LogP contribution < -0.4 is 5.32 Å². The van der Waals surface area contributed by atoms with Crippen LogP contribution in [0.2, 0.25) is 0 Å². The average Bonchev–Trinajstić information content (AvgIpc) is 2.25. The second kappa shape index (κ2) is 7.07. The molecular formula is C13H25NO4. The summed E-state index contributed by atoms with van der Waals surface area (Å²) in [5.74, 6) is -0.444. The number of ether oxygens (including phenoxy) is 2.